The minimum Gasteiger partial charge on any atom is -0.461 e. The van der Waals surface area contributed by atoms with Gasteiger partial charge in [-0.25, -0.2) is 8.42 Å². The lowest BCUT2D eigenvalue weighted by molar-refractivity contribution is -0.149. The number of rotatable bonds is 5. The fourth-order valence-electron chi connectivity index (χ4n) is 2.27. The molecule has 0 spiro atoms. The summed E-state index contributed by atoms with van der Waals surface area (Å²) in [6.07, 6.45) is 0. The molecule has 1 heterocycles. The van der Waals surface area contributed by atoms with E-state index in [1.54, 1.807) is 0 Å². The van der Waals surface area contributed by atoms with Crippen molar-refractivity contribution in [2.75, 3.05) is 31.1 Å². The zero-order chi connectivity index (χ0) is 15.3. The van der Waals surface area contributed by atoms with Gasteiger partial charge in [0.1, 0.15) is 6.61 Å². The molecule has 0 aromatic heterocycles. The maximum atomic E-state index is 12.0. The van der Waals surface area contributed by atoms with Gasteiger partial charge in [0.15, 0.2) is 9.84 Å². The molecule has 0 N–H and O–H groups in total. The molecule has 0 bridgehead atoms. The van der Waals surface area contributed by atoms with Gasteiger partial charge >= 0.3 is 5.97 Å². The second kappa shape index (κ2) is 7.04. The summed E-state index contributed by atoms with van der Waals surface area (Å²) in [5.41, 5.74) is 0.960. The Kier molecular flexibility index (Phi) is 5.36. The average molecular weight is 311 g/mol. The van der Waals surface area contributed by atoms with Crippen molar-refractivity contribution in [2.45, 2.75) is 13.5 Å². The number of hydrogen-bond donors (Lipinski definition) is 0. The Morgan fingerprint density at radius 1 is 1.24 bits per heavy atom. The number of carbonyl (C=O) groups is 1. The molecule has 1 atom stereocenters. The molecular formula is C15H21NO4S. The smallest absolute Gasteiger partial charge is 0.310 e. The van der Waals surface area contributed by atoms with Gasteiger partial charge in [0.2, 0.25) is 0 Å². The third-order valence-corrected chi connectivity index (χ3v) is 5.20. The van der Waals surface area contributed by atoms with Gasteiger partial charge in [-0.3, -0.25) is 4.79 Å². The Morgan fingerprint density at radius 2 is 1.86 bits per heavy atom. The molecule has 6 heteroatoms. The molecule has 0 aliphatic carbocycles. The lowest BCUT2D eigenvalue weighted by Crippen LogP contribution is -2.43. The van der Waals surface area contributed by atoms with Crippen LogP contribution in [0.5, 0.6) is 0 Å². The summed E-state index contributed by atoms with van der Waals surface area (Å²) in [5.74, 6) is -0.140. The van der Waals surface area contributed by atoms with Crippen LogP contribution in [0.15, 0.2) is 30.3 Å². The third-order valence-electron chi connectivity index (χ3n) is 3.60. The summed E-state index contributed by atoms with van der Waals surface area (Å²) in [6.45, 7) is 3.63. The number of benzene rings is 1. The van der Waals surface area contributed by atoms with Crippen LogP contribution in [0.25, 0.3) is 0 Å². The molecule has 116 valence electrons. The fourth-order valence-corrected chi connectivity index (χ4v) is 3.54. The minimum atomic E-state index is -2.88. The number of carbonyl (C=O) groups excluding carboxylic acids is 1. The van der Waals surface area contributed by atoms with E-state index in [4.69, 9.17) is 4.74 Å². The Bertz CT molecular complexity index is 557. The molecule has 2 rings (SSSR count). The van der Waals surface area contributed by atoms with Crippen molar-refractivity contribution in [3.05, 3.63) is 35.9 Å². The van der Waals surface area contributed by atoms with Gasteiger partial charge < -0.3 is 9.64 Å². The molecule has 5 nitrogen and oxygen atoms in total. The summed E-state index contributed by atoms with van der Waals surface area (Å²) in [6, 6.07) is 9.54. The molecule has 1 aliphatic heterocycles. The zero-order valence-electron chi connectivity index (χ0n) is 12.2. The number of nitrogens with zero attached hydrogens (tertiary/aromatic N) is 1. The normalized spacial score (nSPS) is 19.9. The Morgan fingerprint density at radius 3 is 2.48 bits per heavy atom. The number of esters is 1. The monoisotopic (exact) mass is 311 g/mol. The zero-order valence-corrected chi connectivity index (χ0v) is 13.0. The van der Waals surface area contributed by atoms with Crippen LogP contribution in [-0.4, -0.2) is 50.4 Å². The van der Waals surface area contributed by atoms with E-state index in [-0.39, 0.29) is 30.0 Å². The molecule has 1 unspecified atom stereocenters. The lowest BCUT2D eigenvalue weighted by atomic mass is 10.1. The van der Waals surface area contributed by atoms with Crippen LogP contribution in [-0.2, 0) is 26.0 Å². The first-order valence-electron chi connectivity index (χ1n) is 7.09. The molecule has 0 amide bonds. The Hall–Kier alpha value is -1.40. The highest BCUT2D eigenvalue weighted by Gasteiger charge is 2.25. The van der Waals surface area contributed by atoms with Crippen LogP contribution in [0.1, 0.15) is 12.5 Å². The van der Waals surface area contributed by atoms with Gasteiger partial charge in [0.25, 0.3) is 0 Å². The van der Waals surface area contributed by atoms with Gasteiger partial charge in [0.05, 0.1) is 17.4 Å². The highest BCUT2D eigenvalue weighted by molar-refractivity contribution is 7.91. The van der Waals surface area contributed by atoms with Crippen molar-refractivity contribution < 1.29 is 17.9 Å². The van der Waals surface area contributed by atoms with Crippen LogP contribution >= 0.6 is 0 Å². The van der Waals surface area contributed by atoms with Gasteiger partial charge in [-0.15, -0.1) is 0 Å². The van der Waals surface area contributed by atoms with Gasteiger partial charge in [-0.05, 0) is 5.56 Å². The average Bonchev–Trinajstić information content (AvgIpc) is 2.48. The quantitative estimate of drug-likeness (QED) is 0.762. The van der Waals surface area contributed by atoms with Gasteiger partial charge in [-0.1, -0.05) is 37.3 Å². The van der Waals surface area contributed by atoms with Crippen LogP contribution in [0.2, 0.25) is 0 Å². The SMILES string of the molecule is CC(CN1CCS(=O)(=O)CC1)C(=O)OCc1ccccc1. The van der Waals surface area contributed by atoms with E-state index in [0.29, 0.717) is 19.6 Å². The molecule has 0 radical (unpaired) electrons. The van der Waals surface area contributed by atoms with Crippen LogP contribution < -0.4 is 0 Å². The summed E-state index contributed by atoms with van der Waals surface area (Å²) in [5, 5.41) is 0. The molecule has 1 saturated heterocycles. The van der Waals surface area contributed by atoms with E-state index in [9.17, 15) is 13.2 Å². The van der Waals surface area contributed by atoms with Crippen LogP contribution in [0, 0.1) is 5.92 Å². The first-order chi connectivity index (χ1) is 9.96. The van der Waals surface area contributed by atoms with Crippen molar-refractivity contribution >= 4 is 15.8 Å². The maximum absolute atomic E-state index is 12.0. The van der Waals surface area contributed by atoms with E-state index in [1.807, 2.05) is 42.2 Å². The summed E-state index contributed by atoms with van der Waals surface area (Å²) in [4.78, 5) is 14.0. The number of sulfone groups is 1. The van der Waals surface area contributed by atoms with Gasteiger partial charge in [0, 0.05) is 19.6 Å². The summed E-state index contributed by atoms with van der Waals surface area (Å²) < 4.78 is 28.0. The Labute approximate surface area is 125 Å². The number of ether oxygens (including phenoxy) is 1. The maximum Gasteiger partial charge on any atom is 0.310 e. The predicted molar refractivity (Wildman–Crippen MR) is 80.5 cm³/mol. The largest absolute Gasteiger partial charge is 0.461 e. The van der Waals surface area contributed by atoms with E-state index in [2.05, 4.69) is 0 Å². The molecule has 1 aromatic carbocycles. The summed E-state index contributed by atoms with van der Waals surface area (Å²) in [7, 11) is -2.88. The first-order valence-corrected chi connectivity index (χ1v) is 8.92. The van der Waals surface area contributed by atoms with Crippen LogP contribution in [0.4, 0.5) is 0 Å². The fraction of sp³-hybridized carbons (Fsp3) is 0.533. The standard InChI is InChI=1S/C15H21NO4S/c1-13(11-16-7-9-21(18,19)10-8-16)15(17)20-12-14-5-3-2-4-6-14/h2-6,13H,7-12H2,1H3. The minimum absolute atomic E-state index is 0.179. The summed E-state index contributed by atoms with van der Waals surface area (Å²) >= 11 is 0. The van der Waals surface area contributed by atoms with E-state index in [1.165, 1.54) is 0 Å². The molecule has 1 fully saturated rings. The highest BCUT2D eigenvalue weighted by atomic mass is 32.2. The second-order valence-corrected chi connectivity index (χ2v) is 7.75. The lowest BCUT2D eigenvalue weighted by Gasteiger charge is -2.28. The molecular weight excluding hydrogens is 290 g/mol. The third kappa shape index (κ3) is 5.13. The number of hydrogen-bond acceptors (Lipinski definition) is 5. The van der Waals surface area contributed by atoms with Crippen molar-refractivity contribution in [2.24, 2.45) is 5.92 Å². The van der Waals surface area contributed by atoms with Crippen molar-refractivity contribution in [3.63, 3.8) is 0 Å². The van der Waals surface area contributed by atoms with E-state index < -0.39 is 9.84 Å². The molecule has 0 saturated carbocycles. The first kappa shape index (κ1) is 16.0. The predicted octanol–water partition coefficient (Wildman–Crippen LogP) is 1.10. The molecule has 1 aromatic rings. The second-order valence-electron chi connectivity index (χ2n) is 5.45. The molecule has 1 aliphatic rings. The van der Waals surface area contributed by atoms with Crippen molar-refractivity contribution in [1.29, 1.82) is 0 Å². The molecule has 21 heavy (non-hydrogen) atoms. The van der Waals surface area contributed by atoms with E-state index in [0.717, 1.165) is 5.56 Å². The van der Waals surface area contributed by atoms with Gasteiger partial charge in [-0.2, -0.15) is 0 Å². The van der Waals surface area contributed by atoms with Crippen molar-refractivity contribution in [1.82, 2.24) is 4.90 Å². The van der Waals surface area contributed by atoms with E-state index >= 15 is 0 Å². The Balaban J connectivity index is 1.75. The van der Waals surface area contributed by atoms with Crippen LogP contribution in [0.3, 0.4) is 0 Å². The highest BCUT2D eigenvalue weighted by Crippen LogP contribution is 2.10. The van der Waals surface area contributed by atoms with Crippen molar-refractivity contribution in [3.8, 4) is 0 Å². The topological polar surface area (TPSA) is 63.7 Å².